The fraction of sp³-hybridized carbons (Fsp3) is 0.318. The highest BCUT2D eigenvalue weighted by atomic mass is 127. The Morgan fingerprint density at radius 2 is 1.90 bits per heavy atom. The Balaban J connectivity index is 0.00000341. The van der Waals surface area contributed by atoms with Gasteiger partial charge in [0, 0.05) is 51.3 Å². The maximum absolute atomic E-state index is 5.85. The second-order valence-corrected chi connectivity index (χ2v) is 6.48. The Hall–Kier alpha value is -2.82. The van der Waals surface area contributed by atoms with Gasteiger partial charge in [0.1, 0.15) is 11.5 Å². The number of guanidine groups is 1. The Labute approximate surface area is 200 Å². The van der Waals surface area contributed by atoms with Crippen LogP contribution in [-0.4, -0.2) is 40.9 Å². The van der Waals surface area contributed by atoms with Crippen LogP contribution in [0.2, 0.25) is 0 Å². The van der Waals surface area contributed by atoms with Gasteiger partial charge in [-0.15, -0.1) is 24.0 Å². The summed E-state index contributed by atoms with van der Waals surface area (Å²) in [7, 11) is 1.76. The number of ether oxygens (including phenoxy) is 2. The van der Waals surface area contributed by atoms with Crippen molar-refractivity contribution in [2.45, 2.75) is 26.4 Å². The Kier molecular flexibility index (Phi) is 10.6. The molecule has 2 heterocycles. The molecule has 31 heavy (non-hydrogen) atoms. The lowest BCUT2D eigenvalue weighted by Crippen LogP contribution is -2.37. The average molecular weight is 536 g/mol. The van der Waals surface area contributed by atoms with Crippen molar-refractivity contribution in [3.8, 4) is 17.4 Å². The summed E-state index contributed by atoms with van der Waals surface area (Å²) in [5, 5.41) is 10.8. The van der Waals surface area contributed by atoms with Crippen LogP contribution >= 0.6 is 24.0 Å². The fourth-order valence-electron chi connectivity index (χ4n) is 2.79. The molecule has 166 valence electrons. The molecule has 3 aromatic rings. The standard InChI is InChI=1S/C22H28N6O2.HI/c1-3-29-19-6-8-20(9-7-19)30-21-16-18(10-13-24-21)17-26-22(23-2)25-11-4-14-28-15-5-12-27-28;/h5-10,12-13,15-16H,3-4,11,14,17H2,1-2H3,(H2,23,25,26);1H. The summed E-state index contributed by atoms with van der Waals surface area (Å²) < 4.78 is 13.2. The van der Waals surface area contributed by atoms with E-state index in [9.17, 15) is 0 Å². The largest absolute Gasteiger partial charge is 0.494 e. The highest BCUT2D eigenvalue weighted by Crippen LogP contribution is 2.23. The number of nitrogens with one attached hydrogen (secondary N) is 2. The molecule has 0 radical (unpaired) electrons. The molecular weight excluding hydrogens is 507 g/mol. The van der Waals surface area contributed by atoms with Gasteiger partial charge in [0.25, 0.3) is 0 Å². The van der Waals surface area contributed by atoms with Crippen molar-refractivity contribution in [3.05, 3.63) is 66.6 Å². The molecule has 0 aliphatic heterocycles. The fourth-order valence-corrected chi connectivity index (χ4v) is 2.79. The quantitative estimate of drug-likeness (QED) is 0.177. The van der Waals surface area contributed by atoms with Crippen molar-refractivity contribution < 1.29 is 9.47 Å². The van der Waals surface area contributed by atoms with Gasteiger partial charge in [-0.3, -0.25) is 9.67 Å². The van der Waals surface area contributed by atoms with E-state index in [2.05, 4.69) is 25.7 Å². The van der Waals surface area contributed by atoms with Gasteiger partial charge in [0.15, 0.2) is 5.96 Å². The van der Waals surface area contributed by atoms with Gasteiger partial charge in [0.05, 0.1) is 6.61 Å². The average Bonchev–Trinajstić information content (AvgIpc) is 3.29. The number of aromatic nitrogens is 3. The molecule has 0 bridgehead atoms. The minimum Gasteiger partial charge on any atom is -0.494 e. The van der Waals surface area contributed by atoms with Crippen molar-refractivity contribution in [1.29, 1.82) is 0 Å². The summed E-state index contributed by atoms with van der Waals surface area (Å²) in [5.41, 5.74) is 1.05. The van der Waals surface area contributed by atoms with Crippen LogP contribution < -0.4 is 20.1 Å². The molecule has 1 aromatic carbocycles. The summed E-state index contributed by atoms with van der Waals surface area (Å²) in [6.45, 7) is 4.88. The van der Waals surface area contributed by atoms with Crippen LogP contribution in [0.15, 0.2) is 66.0 Å². The summed E-state index contributed by atoms with van der Waals surface area (Å²) in [5.74, 6) is 2.83. The van der Waals surface area contributed by atoms with E-state index in [-0.39, 0.29) is 24.0 Å². The smallest absolute Gasteiger partial charge is 0.219 e. The van der Waals surface area contributed by atoms with Crippen molar-refractivity contribution in [2.24, 2.45) is 4.99 Å². The number of rotatable bonds is 10. The predicted molar refractivity (Wildman–Crippen MR) is 132 cm³/mol. The van der Waals surface area contributed by atoms with E-state index in [1.807, 2.05) is 60.3 Å². The van der Waals surface area contributed by atoms with Gasteiger partial charge in [-0.1, -0.05) is 0 Å². The highest BCUT2D eigenvalue weighted by molar-refractivity contribution is 14.0. The lowest BCUT2D eigenvalue weighted by Gasteiger charge is -2.12. The summed E-state index contributed by atoms with van der Waals surface area (Å²) in [6, 6.07) is 13.3. The summed E-state index contributed by atoms with van der Waals surface area (Å²) in [6.07, 6.45) is 6.44. The van der Waals surface area contributed by atoms with E-state index >= 15 is 0 Å². The minimum atomic E-state index is 0. The second-order valence-electron chi connectivity index (χ2n) is 6.48. The number of aliphatic imine (C=N–C) groups is 1. The SMILES string of the molecule is CCOc1ccc(Oc2cc(CNC(=NC)NCCCn3cccn3)ccn2)cc1.I. The first-order chi connectivity index (χ1) is 14.8. The zero-order valence-electron chi connectivity index (χ0n) is 17.8. The van der Waals surface area contributed by atoms with Crippen LogP contribution in [0.4, 0.5) is 0 Å². The lowest BCUT2D eigenvalue weighted by atomic mass is 10.2. The van der Waals surface area contributed by atoms with Crippen LogP contribution in [-0.2, 0) is 13.1 Å². The molecule has 8 nitrogen and oxygen atoms in total. The van der Waals surface area contributed by atoms with Crippen molar-refractivity contribution in [1.82, 2.24) is 25.4 Å². The molecule has 0 fully saturated rings. The topological polar surface area (TPSA) is 85.6 Å². The van der Waals surface area contributed by atoms with Gasteiger partial charge in [-0.05, 0) is 55.3 Å². The Morgan fingerprint density at radius 3 is 2.61 bits per heavy atom. The number of hydrogen-bond acceptors (Lipinski definition) is 5. The number of nitrogens with zero attached hydrogens (tertiary/aromatic N) is 4. The molecule has 0 amide bonds. The number of halogens is 1. The van der Waals surface area contributed by atoms with Crippen LogP contribution in [0.1, 0.15) is 18.9 Å². The van der Waals surface area contributed by atoms with E-state index in [1.165, 1.54) is 0 Å². The molecule has 0 aliphatic rings. The third-order valence-corrected chi connectivity index (χ3v) is 4.26. The van der Waals surface area contributed by atoms with Gasteiger partial charge in [0.2, 0.25) is 5.88 Å². The molecule has 2 N–H and O–H groups in total. The maximum atomic E-state index is 5.85. The molecule has 0 unspecified atom stereocenters. The molecule has 2 aromatic heterocycles. The molecule has 9 heteroatoms. The van der Waals surface area contributed by atoms with Gasteiger partial charge >= 0.3 is 0 Å². The van der Waals surface area contributed by atoms with E-state index < -0.39 is 0 Å². The minimum absolute atomic E-state index is 0. The maximum Gasteiger partial charge on any atom is 0.219 e. The van der Waals surface area contributed by atoms with Crippen LogP contribution in [0, 0.1) is 0 Å². The van der Waals surface area contributed by atoms with E-state index in [0.717, 1.165) is 36.8 Å². The molecule has 0 aliphatic carbocycles. The monoisotopic (exact) mass is 536 g/mol. The Bertz CT molecular complexity index is 916. The molecule has 0 spiro atoms. The van der Waals surface area contributed by atoms with E-state index in [4.69, 9.17) is 9.47 Å². The van der Waals surface area contributed by atoms with Crippen LogP contribution in [0.5, 0.6) is 17.4 Å². The van der Waals surface area contributed by atoms with Crippen LogP contribution in [0.25, 0.3) is 0 Å². The molecular formula is C22H29IN6O2. The Morgan fingerprint density at radius 1 is 1.10 bits per heavy atom. The highest BCUT2D eigenvalue weighted by Gasteiger charge is 2.03. The van der Waals surface area contributed by atoms with E-state index in [0.29, 0.717) is 24.8 Å². The summed E-state index contributed by atoms with van der Waals surface area (Å²) in [4.78, 5) is 8.55. The van der Waals surface area contributed by atoms with Gasteiger partial charge in [-0.25, -0.2) is 4.98 Å². The second kappa shape index (κ2) is 13.5. The number of hydrogen-bond donors (Lipinski definition) is 2. The van der Waals surface area contributed by atoms with Gasteiger partial charge in [-0.2, -0.15) is 5.10 Å². The molecule has 0 saturated heterocycles. The molecule has 0 saturated carbocycles. The van der Waals surface area contributed by atoms with Crippen LogP contribution in [0.3, 0.4) is 0 Å². The van der Waals surface area contributed by atoms with Crippen molar-refractivity contribution >= 4 is 29.9 Å². The van der Waals surface area contributed by atoms with Crippen molar-refractivity contribution in [3.63, 3.8) is 0 Å². The predicted octanol–water partition coefficient (Wildman–Crippen LogP) is 3.84. The normalized spacial score (nSPS) is 10.8. The zero-order valence-corrected chi connectivity index (χ0v) is 20.2. The number of pyridine rings is 1. The lowest BCUT2D eigenvalue weighted by molar-refractivity contribution is 0.339. The van der Waals surface area contributed by atoms with Gasteiger partial charge < -0.3 is 20.1 Å². The number of aryl methyl sites for hydroxylation is 1. The first-order valence-electron chi connectivity index (χ1n) is 10.0. The third kappa shape index (κ3) is 8.44. The zero-order chi connectivity index (χ0) is 21.0. The first kappa shape index (κ1) is 24.4. The third-order valence-electron chi connectivity index (χ3n) is 4.26. The number of benzene rings is 1. The summed E-state index contributed by atoms with van der Waals surface area (Å²) >= 11 is 0. The first-order valence-corrected chi connectivity index (χ1v) is 10.0. The molecule has 3 rings (SSSR count). The molecule has 0 atom stereocenters. The van der Waals surface area contributed by atoms with E-state index in [1.54, 1.807) is 19.4 Å². The van der Waals surface area contributed by atoms with Crippen molar-refractivity contribution in [2.75, 3.05) is 20.2 Å².